The molecule has 0 aliphatic heterocycles. The quantitative estimate of drug-likeness (QED) is 0.754. The molecule has 0 saturated heterocycles. The molecule has 1 N–H and O–H groups in total. The summed E-state index contributed by atoms with van der Waals surface area (Å²) in [6.07, 6.45) is 2.04. The van der Waals surface area contributed by atoms with Gasteiger partial charge in [0.15, 0.2) is 0 Å². The van der Waals surface area contributed by atoms with E-state index < -0.39 is 17.5 Å². The van der Waals surface area contributed by atoms with Gasteiger partial charge in [-0.3, -0.25) is 0 Å². The average molecular weight is 356 g/mol. The molecule has 6 heteroatoms. The van der Waals surface area contributed by atoms with Gasteiger partial charge in [0, 0.05) is 12.6 Å². The summed E-state index contributed by atoms with van der Waals surface area (Å²) in [7, 11) is 0. The molecule has 0 heterocycles. The predicted molar refractivity (Wildman–Crippen MR) is 92.2 cm³/mol. The number of amides is 1. The number of carbonyl (C=O) groups excluding carboxylic acids is 1. The molecule has 0 aromatic heterocycles. The Labute approximate surface area is 147 Å². The first-order valence-corrected chi connectivity index (χ1v) is 8.28. The van der Waals surface area contributed by atoms with Gasteiger partial charge in [0.2, 0.25) is 0 Å². The molecule has 1 aliphatic rings. The lowest BCUT2D eigenvalue weighted by Crippen LogP contribution is -2.33. The van der Waals surface area contributed by atoms with E-state index in [4.69, 9.17) is 21.1 Å². The van der Waals surface area contributed by atoms with Crippen molar-refractivity contribution in [2.24, 2.45) is 5.92 Å². The van der Waals surface area contributed by atoms with Gasteiger partial charge in [-0.2, -0.15) is 0 Å². The number of rotatable bonds is 6. The summed E-state index contributed by atoms with van der Waals surface area (Å²) < 4.78 is 24.4. The lowest BCUT2D eigenvalue weighted by Gasteiger charge is -2.19. The summed E-state index contributed by atoms with van der Waals surface area (Å²) in [6.45, 7) is 9.83. The van der Waals surface area contributed by atoms with Gasteiger partial charge < -0.3 is 14.8 Å². The first-order chi connectivity index (χ1) is 11.2. The van der Waals surface area contributed by atoms with E-state index in [2.05, 4.69) is 11.9 Å². The molecule has 1 saturated carbocycles. The van der Waals surface area contributed by atoms with Gasteiger partial charge in [-0.15, -0.1) is 0 Å². The largest absolute Gasteiger partial charge is 0.489 e. The Kier molecular flexibility index (Phi) is 5.75. The van der Waals surface area contributed by atoms with E-state index in [1.54, 1.807) is 12.1 Å². The topological polar surface area (TPSA) is 47.6 Å². The Morgan fingerprint density at radius 3 is 2.83 bits per heavy atom. The van der Waals surface area contributed by atoms with E-state index in [-0.39, 0.29) is 16.9 Å². The number of ether oxygens (including phenoxy) is 2. The second-order valence-corrected chi connectivity index (χ2v) is 7.30. The zero-order chi connectivity index (χ0) is 17.9. The second kappa shape index (κ2) is 7.43. The Bertz CT molecular complexity index is 627. The Morgan fingerprint density at radius 1 is 1.50 bits per heavy atom. The molecule has 0 radical (unpaired) electrons. The molecule has 2 atom stereocenters. The van der Waals surface area contributed by atoms with Crippen LogP contribution in [0.15, 0.2) is 24.8 Å². The van der Waals surface area contributed by atoms with Crippen LogP contribution in [0.1, 0.15) is 38.7 Å². The molecule has 0 spiro atoms. The molecule has 0 bridgehead atoms. The second-order valence-electron chi connectivity index (χ2n) is 6.89. The van der Waals surface area contributed by atoms with E-state index >= 15 is 0 Å². The average Bonchev–Trinajstić information content (AvgIpc) is 3.23. The minimum atomic E-state index is -0.525. The third-order valence-electron chi connectivity index (χ3n) is 3.64. The van der Waals surface area contributed by atoms with Crippen LogP contribution < -0.4 is 10.1 Å². The van der Waals surface area contributed by atoms with Crippen LogP contribution in [0.4, 0.5) is 9.18 Å². The number of carbonyl (C=O) groups is 1. The van der Waals surface area contributed by atoms with Crippen LogP contribution in [0.25, 0.3) is 0 Å². The van der Waals surface area contributed by atoms with Crippen LogP contribution in [0.3, 0.4) is 0 Å². The maximum Gasteiger partial charge on any atom is 0.407 e. The van der Waals surface area contributed by atoms with Crippen molar-refractivity contribution in [2.75, 3.05) is 13.2 Å². The highest BCUT2D eigenvalue weighted by atomic mass is 35.5. The molecule has 1 aliphatic carbocycles. The van der Waals surface area contributed by atoms with E-state index in [1.807, 2.05) is 20.8 Å². The standard InChI is InChI=1S/C18H23ClFNO3/c1-5-6-23-16-9-15(20)14(19)8-13(16)12-7-11(12)10-21-17(22)24-18(2,3)4/h5,8-9,11-12H,1,6-7,10H2,2-4H3,(H,21,22). The Morgan fingerprint density at radius 2 is 2.21 bits per heavy atom. The zero-order valence-electron chi connectivity index (χ0n) is 14.2. The first kappa shape index (κ1) is 18.6. The molecule has 1 amide bonds. The molecule has 2 rings (SSSR count). The number of hydrogen-bond acceptors (Lipinski definition) is 3. The van der Waals surface area contributed by atoms with Gasteiger partial charge in [0.05, 0.1) is 5.02 Å². The van der Waals surface area contributed by atoms with E-state index in [0.29, 0.717) is 18.9 Å². The van der Waals surface area contributed by atoms with Gasteiger partial charge in [0.1, 0.15) is 23.8 Å². The third-order valence-corrected chi connectivity index (χ3v) is 3.93. The van der Waals surface area contributed by atoms with Crippen LogP contribution in [-0.4, -0.2) is 24.8 Å². The summed E-state index contributed by atoms with van der Waals surface area (Å²) in [5.74, 6) is 0.396. The molecule has 1 aromatic rings. The molecule has 2 unspecified atom stereocenters. The predicted octanol–water partition coefficient (Wildman–Crippen LogP) is 4.67. The fourth-order valence-electron chi connectivity index (χ4n) is 2.49. The van der Waals surface area contributed by atoms with Crippen LogP contribution >= 0.6 is 11.6 Å². The van der Waals surface area contributed by atoms with Crippen LogP contribution in [-0.2, 0) is 4.74 Å². The van der Waals surface area contributed by atoms with Crippen molar-refractivity contribution in [3.8, 4) is 5.75 Å². The maximum absolute atomic E-state index is 13.7. The highest BCUT2D eigenvalue weighted by Crippen LogP contribution is 2.51. The van der Waals surface area contributed by atoms with Crippen molar-refractivity contribution < 1.29 is 18.7 Å². The molecule has 4 nitrogen and oxygen atoms in total. The van der Waals surface area contributed by atoms with E-state index in [9.17, 15) is 9.18 Å². The third kappa shape index (κ3) is 5.13. The van der Waals surface area contributed by atoms with Gasteiger partial charge in [-0.1, -0.05) is 24.3 Å². The number of hydrogen-bond donors (Lipinski definition) is 1. The number of benzene rings is 1. The van der Waals surface area contributed by atoms with Crippen molar-refractivity contribution in [3.05, 3.63) is 41.2 Å². The van der Waals surface area contributed by atoms with E-state index in [1.165, 1.54) is 6.07 Å². The minimum Gasteiger partial charge on any atom is -0.489 e. The minimum absolute atomic E-state index is 0.0710. The maximum atomic E-state index is 13.7. The van der Waals surface area contributed by atoms with Crippen LogP contribution in [0.2, 0.25) is 5.02 Å². The van der Waals surface area contributed by atoms with Crippen LogP contribution in [0, 0.1) is 11.7 Å². The number of alkyl carbamates (subject to hydrolysis) is 1. The van der Waals surface area contributed by atoms with Crippen LogP contribution in [0.5, 0.6) is 5.75 Å². The van der Waals surface area contributed by atoms with Gasteiger partial charge in [-0.25, -0.2) is 9.18 Å². The first-order valence-electron chi connectivity index (χ1n) is 7.90. The monoisotopic (exact) mass is 355 g/mol. The lowest BCUT2D eigenvalue weighted by atomic mass is 10.1. The Balaban J connectivity index is 1.97. The molecular formula is C18H23ClFNO3. The summed E-state index contributed by atoms with van der Waals surface area (Å²) in [5.41, 5.74) is 0.336. The van der Waals surface area contributed by atoms with Gasteiger partial charge >= 0.3 is 6.09 Å². The fourth-order valence-corrected chi connectivity index (χ4v) is 2.66. The SMILES string of the molecule is C=CCOc1cc(F)c(Cl)cc1C1CC1CNC(=O)OC(C)(C)C. The zero-order valence-corrected chi connectivity index (χ0v) is 15.0. The van der Waals surface area contributed by atoms with Crippen molar-refractivity contribution in [1.29, 1.82) is 0 Å². The summed E-state index contributed by atoms with van der Waals surface area (Å²) in [4.78, 5) is 11.7. The molecular weight excluding hydrogens is 333 g/mol. The molecule has 132 valence electrons. The highest BCUT2D eigenvalue weighted by molar-refractivity contribution is 6.30. The summed E-state index contributed by atoms with van der Waals surface area (Å²) in [6, 6.07) is 2.91. The molecule has 1 aromatic carbocycles. The van der Waals surface area contributed by atoms with E-state index in [0.717, 1.165) is 12.0 Å². The summed E-state index contributed by atoms with van der Waals surface area (Å²) >= 11 is 5.90. The van der Waals surface area contributed by atoms with Crippen molar-refractivity contribution in [1.82, 2.24) is 5.32 Å². The number of halogens is 2. The Hall–Kier alpha value is -1.75. The molecule has 24 heavy (non-hydrogen) atoms. The highest BCUT2D eigenvalue weighted by Gasteiger charge is 2.40. The van der Waals surface area contributed by atoms with Crippen molar-refractivity contribution in [3.63, 3.8) is 0 Å². The normalized spacial score (nSPS) is 19.5. The van der Waals surface area contributed by atoms with Crippen molar-refractivity contribution >= 4 is 17.7 Å². The van der Waals surface area contributed by atoms with Crippen molar-refractivity contribution in [2.45, 2.75) is 38.7 Å². The van der Waals surface area contributed by atoms with Gasteiger partial charge in [0.25, 0.3) is 0 Å². The lowest BCUT2D eigenvalue weighted by molar-refractivity contribution is 0.0525. The number of nitrogens with one attached hydrogen (secondary N) is 1. The molecule has 1 fully saturated rings. The smallest absolute Gasteiger partial charge is 0.407 e. The summed E-state index contributed by atoms with van der Waals surface area (Å²) in [5, 5.41) is 2.84. The van der Waals surface area contributed by atoms with Gasteiger partial charge in [-0.05, 0) is 50.7 Å². The fraction of sp³-hybridized carbons (Fsp3) is 0.500.